The third kappa shape index (κ3) is 4.95. The van der Waals surface area contributed by atoms with Gasteiger partial charge in [-0.3, -0.25) is 9.48 Å². The van der Waals surface area contributed by atoms with Gasteiger partial charge in [0.15, 0.2) is 5.82 Å². The SMILES string of the molecule is Cc1cc(NC(=O)/C(=C\c2ccccc2)c2ccccc2)nn1Cc1c(F)cccc1Cl. The van der Waals surface area contributed by atoms with Crippen LogP contribution in [0.5, 0.6) is 0 Å². The number of benzene rings is 3. The number of anilines is 1. The highest BCUT2D eigenvalue weighted by atomic mass is 35.5. The Balaban J connectivity index is 1.61. The lowest BCUT2D eigenvalue weighted by molar-refractivity contribution is -0.111. The summed E-state index contributed by atoms with van der Waals surface area (Å²) in [5.41, 5.74) is 3.35. The zero-order valence-electron chi connectivity index (χ0n) is 17.4. The molecule has 0 saturated heterocycles. The van der Waals surface area contributed by atoms with Gasteiger partial charge in [-0.25, -0.2) is 4.39 Å². The van der Waals surface area contributed by atoms with Gasteiger partial charge in [-0.2, -0.15) is 5.10 Å². The molecule has 32 heavy (non-hydrogen) atoms. The monoisotopic (exact) mass is 445 g/mol. The van der Waals surface area contributed by atoms with E-state index in [-0.39, 0.29) is 12.5 Å². The van der Waals surface area contributed by atoms with E-state index in [4.69, 9.17) is 11.6 Å². The van der Waals surface area contributed by atoms with Crippen molar-refractivity contribution >= 4 is 35.0 Å². The molecule has 0 atom stereocenters. The second-order valence-corrected chi connectivity index (χ2v) is 7.72. The van der Waals surface area contributed by atoms with E-state index in [1.165, 1.54) is 6.07 Å². The zero-order valence-corrected chi connectivity index (χ0v) is 18.2. The average molecular weight is 446 g/mol. The summed E-state index contributed by atoms with van der Waals surface area (Å²) in [6.07, 6.45) is 1.84. The first-order valence-electron chi connectivity index (χ1n) is 10.1. The number of carbonyl (C=O) groups is 1. The van der Waals surface area contributed by atoms with E-state index in [2.05, 4.69) is 10.4 Å². The van der Waals surface area contributed by atoms with Gasteiger partial charge in [0.25, 0.3) is 5.91 Å². The molecule has 0 aliphatic heterocycles. The van der Waals surface area contributed by atoms with Crippen LogP contribution in [0.25, 0.3) is 11.6 Å². The molecule has 1 heterocycles. The Kier molecular flexibility index (Phi) is 6.47. The van der Waals surface area contributed by atoms with E-state index in [9.17, 15) is 9.18 Å². The van der Waals surface area contributed by atoms with Crippen LogP contribution in [0.4, 0.5) is 10.2 Å². The molecule has 6 heteroatoms. The van der Waals surface area contributed by atoms with Crippen LogP contribution >= 0.6 is 11.6 Å². The number of nitrogens with one attached hydrogen (secondary N) is 1. The van der Waals surface area contributed by atoms with Crippen molar-refractivity contribution in [3.8, 4) is 0 Å². The fraction of sp³-hybridized carbons (Fsp3) is 0.0769. The van der Waals surface area contributed by atoms with E-state index >= 15 is 0 Å². The second-order valence-electron chi connectivity index (χ2n) is 7.32. The fourth-order valence-electron chi connectivity index (χ4n) is 3.36. The van der Waals surface area contributed by atoms with E-state index in [0.29, 0.717) is 22.0 Å². The molecule has 0 fully saturated rings. The maximum absolute atomic E-state index is 14.2. The van der Waals surface area contributed by atoms with E-state index in [0.717, 1.165) is 16.8 Å². The molecule has 1 N–H and O–H groups in total. The molecule has 0 unspecified atom stereocenters. The molecule has 4 aromatic rings. The first-order valence-corrected chi connectivity index (χ1v) is 10.5. The number of aromatic nitrogens is 2. The molecule has 0 radical (unpaired) electrons. The molecule has 4 nitrogen and oxygen atoms in total. The molecule has 160 valence electrons. The summed E-state index contributed by atoms with van der Waals surface area (Å²) in [5, 5.41) is 7.65. The Hall–Kier alpha value is -3.70. The lowest BCUT2D eigenvalue weighted by Crippen LogP contribution is -2.14. The number of amides is 1. The summed E-state index contributed by atoms with van der Waals surface area (Å²) in [5.74, 6) is -0.293. The largest absolute Gasteiger partial charge is 0.305 e. The number of hydrogen-bond acceptors (Lipinski definition) is 2. The van der Waals surface area contributed by atoms with Crippen LogP contribution < -0.4 is 5.32 Å². The number of aryl methyl sites for hydroxylation is 1. The molecule has 1 aromatic heterocycles. The summed E-state index contributed by atoms with van der Waals surface area (Å²) < 4.78 is 15.8. The Morgan fingerprint density at radius 1 is 1.03 bits per heavy atom. The standard InChI is InChI=1S/C26H21ClFN3O/c1-18-15-25(30-31(18)17-22-23(27)13-8-14-24(22)28)29-26(32)21(20-11-6-3-7-12-20)16-19-9-4-2-5-10-19/h2-16H,17H2,1H3,(H,29,30,32)/b21-16-. The van der Waals surface area contributed by atoms with Crippen LogP contribution in [-0.2, 0) is 11.3 Å². The van der Waals surface area contributed by atoms with Crippen molar-refractivity contribution in [3.05, 3.63) is 118 Å². The van der Waals surface area contributed by atoms with Crippen molar-refractivity contribution in [2.75, 3.05) is 5.32 Å². The van der Waals surface area contributed by atoms with Gasteiger partial charge in [-0.1, -0.05) is 78.3 Å². The van der Waals surface area contributed by atoms with Crippen molar-refractivity contribution in [3.63, 3.8) is 0 Å². The van der Waals surface area contributed by atoms with Gasteiger partial charge >= 0.3 is 0 Å². The number of rotatable bonds is 6. The number of halogens is 2. The first kappa shape index (κ1) is 21.5. The van der Waals surface area contributed by atoms with E-state index < -0.39 is 5.82 Å². The summed E-state index contributed by atoms with van der Waals surface area (Å²) in [4.78, 5) is 13.2. The third-order valence-electron chi connectivity index (χ3n) is 5.03. The molecule has 0 aliphatic rings. The second kappa shape index (κ2) is 9.62. The predicted molar refractivity (Wildman–Crippen MR) is 127 cm³/mol. The van der Waals surface area contributed by atoms with Gasteiger partial charge in [0.05, 0.1) is 6.54 Å². The Morgan fingerprint density at radius 2 is 1.72 bits per heavy atom. The van der Waals surface area contributed by atoms with Crippen LogP contribution in [0, 0.1) is 12.7 Å². The normalized spacial score (nSPS) is 11.4. The van der Waals surface area contributed by atoms with Gasteiger partial charge in [0.2, 0.25) is 0 Å². The Bertz CT molecular complexity index is 1250. The van der Waals surface area contributed by atoms with Crippen molar-refractivity contribution in [2.45, 2.75) is 13.5 Å². The van der Waals surface area contributed by atoms with Crippen LogP contribution in [0.2, 0.25) is 5.02 Å². The quantitative estimate of drug-likeness (QED) is 0.283. The Labute approximate surface area is 191 Å². The highest BCUT2D eigenvalue weighted by Crippen LogP contribution is 2.23. The summed E-state index contributed by atoms with van der Waals surface area (Å²) in [7, 11) is 0. The first-order chi connectivity index (χ1) is 15.5. The third-order valence-corrected chi connectivity index (χ3v) is 5.39. The van der Waals surface area contributed by atoms with Crippen LogP contribution in [-0.4, -0.2) is 15.7 Å². The van der Waals surface area contributed by atoms with Crippen molar-refractivity contribution in [1.82, 2.24) is 9.78 Å². The van der Waals surface area contributed by atoms with Gasteiger partial charge < -0.3 is 5.32 Å². The van der Waals surface area contributed by atoms with Crippen molar-refractivity contribution < 1.29 is 9.18 Å². The summed E-state index contributed by atoms with van der Waals surface area (Å²) in [6.45, 7) is 2.01. The van der Waals surface area contributed by atoms with Crippen molar-refractivity contribution in [1.29, 1.82) is 0 Å². The van der Waals surface area contributed by atoms with Gasteiger partial charge in [0.1, 0.15) is 5.82 Å². The zero-order chi connectivity index (χ0) is 22.5. The Morgan fingerprint density at radius 3 is 2.41 bits per heavy atom. The lowest BCUT2D eigenvalue weighted by atomic mass is 10.0. The number of nitrogens with zero attached hydrogens (tertiary/aromatic N) is 2. The summed E-state index contributed by atoms with van der Waals surface area (Å²) in [6, 6.07) is 25.4. The molecule has 4 rings (SSSR count). The molecule has 1 amide bonds. The van der Waals surface area contributed by atoms with E-state index in [1.807, 2.05) is 73.7 Å². The molecule has 0 spiro atoms. The molecule has 0 saturated carbocycles. The van der Waals surface area contributed by atoms with Gasteiger partial charge in [-0.15, -0.1) is 0 Å². The van der Waals surface area contributed by atoms with Crippen LogP contribution in [0.1, 0.15) is 22.4 Å². The lowest BCUT2D eigenvalue weighted by Gasteiger charge is -2.09. The van der Waals surface area contributed by atoms with Crippen molar-refractivity contribution in [2.24, 2.45) is 0 Å². The minimum absolute atomic E-state index is 0.165. The van der Waals surface area contributed by atoms with Gasteiger partial charge in [-0.05, 0) is 36.3 Å². The number of hydrogen-bond donors (Lipinski definition) is 1. The highest BCUT2D eigenvalue weighted by Gasteiger charge is 2.16. The molecular weight excluding hydrogens is 425 g/mol. The molecule has 0 bridgehead atoms. The fourth-order valence-corrected chi connectivity index (χ4v) is 3.58. The highest BCUT2D eigenvalue weighted by molar-refractivity contribution is 6.31. The molecule has 3 aromatic carbocycles. The molecular formula is C26H21ClFN3O. The smallest absolute Gasteiger partial charge is 0.257 e. The summed E-state index contributed by atoms with van der Waals surface area (Å²) >= 11 is 6.15. The average Bonchev–Trinajstić information content (AvgIpc) is 3.14. The topological polar surface area (TPSA) is 46.9 Å². The minimum atomic E-state index is -0.393. The van der Waals surface area contributed by atoms with Crippen LogP contribution in [0.15, 0.2) is 84.9 Å². The van der Waals surface area contributed by atoms with Crippen LogP contribution in [0.3, 0.4) is 0 Å². The maximum Gasteiger partial charge on any atom is 0.257 e. The van der Waals surface area contributed by atoms with Gasteiger partial charge in [0, 0.05) is 27.9 Å². The molecule has 0 aliphatic carbocycles. The maximum atomic E-state index is 14.2. The minimum Gasteiger partial charge on any atom is -0.305 e. The van der Waals surface area contributed by atoms with E-state index in [1.54, 1.807) is 22.9 Å². The predicted octanol–water partition coefficient (Wildman–Crippen LogP) is 6.21. The number of carbonyl (C=O) groups excluding carboxylic acids is 1.